The highest BCUT2D eigenvalue weighted by Crippen LogP contribution is 2.42. The minimum Gasteiger partial charge on any atom is -0.386 e. The molecule has 57 heavy (non-hydrogen) atoms. The monoisotopic (exact) mass is 805 g/mol. The first-order valence-electron chi connectivity index (χ1n) is 18.8. The number of carbonyl (C=O) groups is 5. The summed E-state index contributed by atoms with van der Waals surface area (Å²) in [6.07, 6.45) is -1.31. The molecule has 1 aliphatic carbocycles. The van der Waals surface area contributed by atoms with Crippen LogP contribution >= 0.6 is 11.3 Å². The zero-order chi connectivity index (χ0) is 40.8. The lowest BCUT2D eigenvalue weighted by atomic mass is 9.81. The van der Waals surface area contributed by atoms with Crippen molar-refractivity contribution < 1.29 is 42.3 Å². The Hall–Kier alpha value is -5.42. The predicted octanol–water partition coefficient (Wildman–Crippen LogP) is 5.91. The number of rotatable bonds is 10. The van der Waals surface area contributed by atoms with E-state index in [1.807, 2.05) is 0 Å². The Morgan fingerprint density at radius 2 is 1.72 bits per heavy atom. The fourth-order valence-corrected chi connectivity index (χ4v) is 8.93. The first-order chi connectivity index (χ1) is 27.0. The number of hydrogen-bond acceptors (Lipinski definition) is 10. The van der Waals surface area contributed by atoms with Gasteiger partial charge in [0.15, 0.2) is 0 Å². The Kier molecular flexibility index (Phi) is 10.8. The number of benzene rings is 2. The summed E-state index contributed by atoms with van der Waals surface area (Å²) in [7, 11) is 1.74. The van der Waals surface area contributed by atoms with E-state index in [2.05, 4.69) is 20.9 Å². The summed E-state index contributed by atoms with van der Waals surface area (Å²) in [5, 5.41) is 20.4. The van der Waals surface area contributed by atoms with Crippen LogP contribution in [0.5, 0.6) is 0 Å². The molecular formula is C40H42F3N7O6S. The zero-order valence-corrected chi connectivity index (χ0v) is 32.4. The highest BCUT2D eigenvalue weighted by atomic mass is 32.1. The van der Waals surface area contributed by atoms with Gasteiger partial charge in [0.1, 0.15) is 11.4 Å². The molecule has 4 N–H and O–H groups in total. The fraction of sp³-hybridized carbons (Fsp3) is 0.425. The summed E-state index contributed by atoms with van der Waals surface area (Å²) in [5.74, 6) is -1.82. The van der Waals surface area contributed by atoms with Crippen molar-refractivity contribution in [1.29, 1.82) is 0 Å². The number of fused-ring (bicyclic) bond motifs is 2. The molecule has 0 spiro atoms. The molecule has 2 aromatic carbocycles. The number of likely N-dealkylation sites (N-methyl/N-ethyl adjacent to an activating group) is 1. The van der Waals surface area contributed by atoms with Gasteiger partial charge in [-0.3, -0.25) is 28.9 Å². The van der Waals surface area contributed by atoms with E-state index in [1.165, 1.54) is 36.2 Å². The van der Waals surface area contributed by atoms with Crippen LogP contribution in [0.25, 0.3) is 10.2 Å². The number of aliphatic hydroxyl groups is 1. The van der Waals surface area contributed by atoms with Crippen LogP contribution in [0.15, 0.2) is 48.5 Å². The topological polar surface area (TPSA) is 174 Å². The molecule has 17 heteroatoms. The van der Waals surface area contributed by atoms with Crippen molar-refractivity contribution >= 4 is 62.5 Å². The number of nitrogens with one attached hydrogen (secondary N) is 3. The predicted molar refractivity (Wildman–Crippen MR) is 206 cm³/mol. The van der Waals surface area contributed by atoms with Gasteiger partial charge in [0, 0.05) is 61.9 Å². The van der Waals surface area contributed by atoms with Gasteiger partial charge in [0.2, 0.25) is 11.8 Å². The minimum absolute atomic E-state index is 0.0140. The first-order valence-corrected chi connectivity index (χ1v) is 19.6. The maximum Gasteiger partial charge on any atom is 0.433 e. The summed E-state index contributed by atoms with van der Waals surface area (Å²) >= 11 is 1.43. The number of amides is 5. The van der Waals surface area contributed by atoms with Gasteiger partial charge in [-0.25, -0.2) is 9.97 Å². The largest absolute Gasteiger partial charge is 0.433 e. The first kappa shape index (κ1) is 39.8. The molecule has 5 amide bonds. The van der Waals surface area contributed by atoms with E-state index in [9.17, 15) is 42.3 Å². The quantitative estimate of drug-likeness (QED) is 0.142. The standard InChI is InChI=1S/C40H42F3N7O6S/c1-39(2,56)25-18-29-30(19-28(25)47-34(52)27-8-5-9-31(46-27)40(41,42)43)57-35(48-29)21-10-12-22(13-11-21)36(53)49(3)17-16-44-26-7-4-6-24-33(26)38(55)50(37(24)54)23-14-15-32(51)45-20-23/h4-9,18-19,21-23,44,56H,10-17,20H2,1-3H3,(H,45,51)(H,47,52)/t21-,22-,23?. The Morgan fingerprint density at radius 1 is 0.982 bits per heavy atom. The van der Waals surface area contributed by atoms with Crippen molar-refractivity contribution in [2.45, 2.75) is 76.1 Å². The molecule has 1 saturated heterocycles. The maximum atomic E-state index is 13.5. The number of thiazole rings is 1. The lowest BCUT2D eigenvalue weighted by Gasteiger charge is -2.30. The number of hydrogen-bond donors (Lipinski definition) is 4. The molecule has 1 saturated carbocycles. The van der Waals surface area contributed by atoms with Crippen LogP contribution in [0.2, 0.25) is 0 Å². The van der Waals surface area contributed by atoms with Gasteiger partial charge in [0.25, 0.3) is 17.7 Å². The Bertz CT molecular complexity index is 2250. The summed E-state index contributed by atoms with van der Waals surface area (Å²) in [6.45, 7) is 4.02. The fourth-order valence-electron chi connectivity index (χ4n) is 7.77. The van der Waals surface area contributed by atoms with E-state index >= 15 is 0 Å². The van der Waals surface area contributed by atoms with Crippen LogP contribution in [-0.4, -0.2) is 87.1 Å². The lowest BCUT2D eigenvalue weighted by molar-refractivity contribution is -0.141. The number of nitrogens with zero attached hydrogens (tertiary/aromatic N) is 4. The van der Waals surface area contributed by atoms with Gasteiger partial charge >= 0.3 is 6.18 Å². The Morgan fingerprint density at radius 3 is 2.40 bits per heavy atom. The molecule has 1 unspecified atom stereocenters. The third-order valence-electron chi connectivity index (χ3n) is 10.8. The number of pyridine rings is 1. The summed E-state index contributed by atoms with van der Waals surface area (Å²) in [4.78, 5) is 76.0. The van der Waals surface area contributed by atoms with E-state index in [-0.39, 0.29) is 48.2 Å². The van der Waals surface area contributed by atoms with Gasteiger partial charge in [-0.05, 0) is 82.3 Å². The Labute approximate surface area is 330 Å². The minimum atomic E-state index is -4.72. The van der Waals surface area contributed by atoms with Crippen LogP contribution in [0.4, 0.5) is 24.5 Å². The van der Waals surface area contributed by atoms with Crippen molar-refractivity contribution in [2.24, 2.45) is 5.92 Å². The molecule has 2 aliphatic heterocycles. The van der Waals surface area contributed by atoms with Gasteiger partial charge in [-0.2, -0.15) is 13.2 Å². The molecule has 4 heterocycles. The normalized spacial score (nSPS) is 20.0. The van der Waals surface area contributed by atoms with Gasteiger partial charge in [-0.15, -0.1) is 11.3 Å². The molecule has 2 fully saturated rings. The van der Waals surface area contributed by atoms with E-state index in [4.69, 9.17) is 4.98 Å². The van der Waals surface area contributed by atoms with Gasteiger partial charge in [0.05, 0.1) is 38.0 Å². The second-order valence-corrected chi connectivity index (χ2v) is 16.3. The van der Waals surface area contributed by atoms with Crippen molar-refractivity contribution in [1.82, 2.24) is 25.1 Å². The summed E-state index contributed by atoms with van der Waals surface area (Å²) in [6, 6.07) is 11.1. The van der Waals surface area contributed by atoms with Crippen LogP contribution in [0.3, 0.4) is 0 Å². The average Bonchev–Trinajstić information content (AvgIpc) is 3.71. The molecule has 0 radical (unpaired) electrons. The lowest BCUT2D eigenvalue weighted by Crippen LogP contribution is -2.50. The van der Waals surface area contributed by atoms with Crippen LogP contribution in [0.1, 0.15) is 106 Å². The number of halogens is 3. The number of anilines is 2. The SMILES string of the molecule is CN(CCNc1cccc2c1C(=O)N(C1CCC(=O)NC1)C2=O)C(=O)[C@H]1CC[C@H](c2nc3cc(C(C)(C)O)c(NC(=O)c4cccc(C(F)(F)F)n4)cc3s2)CC1. The van der Waals surface area contributed by atoms with Crippen molar-refractivity contribution in [3.63, 3.8) is 0 Å². The third-order valence-corrected chi connectivity index (χ3v) is 12.0. The van der Waals surface area contributed by atoms with Crippen LogP contribution in [-0.2, 0) is 21.4 Å². The molecule has 7 rings (SSSR count). The second kappa shape index (κ2) is 15.5. The molecule has 13 nitrogen and oxygen atoms in total. The van der Waals surface area contributed by atoms with E-state index in [1.54, 1.807) is 42.3 Å². The maximum absolute atomic E-state index is 13.5. The van der Waals surface area contributed by atoms with Crippen LogP contribution < -0.4 is 16.0 Å². The summed E-state index contributed by atoms with van der Waals surface area (Å²) in [5.41, 5.74) is -0.718. The number of alkyl halides is 3. The molecule has 4 aromatic rings. The van der Waals surface area contributed by atoms with Crippen molar-refractivity contribution in [3.8, 4) is 0 Å². The zero-order valence-electron chi connectivity index (χ0n) is 31.5. The number of imide groups is 1. The second-order valence-electron chi connectivity index (χ2n) is 15.3. The Balaban J connectivity index is 0.956. The van der Waals surface area contributed by atoms with Gasteiger partial charge in [-0.1, -0.05) is 12.1 Å². The highest BCUT2D eigenvalue weighted by molar-refractivity contribution is 7.18. The molecule has 1 atom stereocenters. The summed E-state index contributed by atoms with van der Waals surface area (Å²) < 4.78 is 40.4. The van der Waals surface area contributed by atoms with Crippen molar-refractivity contribution in [2.75, 3.05) is 37.3 Å². The highest BCUT2D eigenvalue weighted by Gasteiger charge is 2.42. The smallest absolute Gasteiger partial charge is 0.386 e. The van der Waals surface area contributed by atoms with E-state index in [0.717, 1.165) is 34.7 Å². The van der Waals surface area contributed by atoms with E-state index < -0.39 is 41.0 Å². The molecule has 3 aliphatic rings. The number of piperidine rings is 1. The van der Waals surface area contributed by atoms with E-state index in [0.29, 0.717) is 60.2 Å². The average molecular weight is 806 g/mol. The molecule has 0 bridgehead atoms. The molecule has 2 aromatic heterocycles. The molecule has 300 valence electrons. The number of carbonyl (C=O) groups excluding carboxylic acids is 5. The molecular weight excluding hydrogens is 764 g/mol. The number of aromatic nitrogens is 2. The third kappa shape index (κ3) is 8.21. The van der Waals surface area contributed by atoms with Crippen molar-refractivity contribution in [3.05, 3.63) is 81.6 Å². The van der Waals surface area contributed by atoms with Gasteiger partial charge < -0.3 is 26.0 Å². The van der Waals surface area contributed by atoms with Crippen LogP contribution in [0, 0.1) is 5.92 Å².